The van der Waals surface area contributed by atoms with Crippen LogP contribution in [0.4, 0.5) is 0 Å². The fourth-order valence-corrected chi connectivity index (χ4v) is 1.20. The predicted molar refractivity (Wildman–Crippen MR) is 55.7 cm³/mol. The van der Waals surface area contributed by atoms with Crippen molar-refractivity contribution in [2.75, 3.05) is 0 Å². The van der Waals surface area contributed by atoms with Crippen LogP contribution in [0.5, 0.6) is 0 Å². The van der Waals surface area contributed by atoms with Gasteiger partial charge in [-0.2, -0.15) is 0 Å². The van der Waals surface area contributed by atoms with Crippen LogP contribution in [0.3, 0.4) is 0 Å². The maximum atomic E-state index is 10.9. The van der Waals surface area contributed by atoms with Gasteiger partial charge in [0.25, 0.3) is 0 Å². The van der Waals surface area contributed by atoms with E-state index in [0.29, 0.717) is 6.54 Å². The molecule has 0 aliphatic carbocycles. The van der Waals surface area contributed by atoms with Gasteiger partial charge < -0.3 is 5.32 Å². The van der Waals surface area contributed by atoms with E-state index in [-0.39, 0.29) is 5.91 Å². The first kappa shape index (κ1) is 10.4. The molecular formula is C11H14N2O. The number of aromatic nitrogens is 1. The summed E-state index contributed by atoms with van der Waals surface area (Å²) in [6.07, 6.45) is 3.91. The van der Waals surface area contributed by atoms with E-state index < -0.39 is 0 Å². The quantitative estimate of drug-likeness (QED) is 0.730. The van der Waals surface area contributed by atoms with Crippen molar-refractivity contribution >= 4 is 5.91 Å². The predicted octanol–water partition coefficient (Wildman–Crippen LogP) is 1.45. The highest BCUT2D eigenvalue weighted by atomic mass is 16.1. The van der Waals surface area contributed by atoms with Gasteiger partial charge in [0, 0.05) is 6.20 Å². The molecule has 1 rings (SSSR count). The summed E-state index contributed by atoms with van der Waals surface area (Å²) in [5, 5.41) is 2.70. The van der Waals surface area contributed by atoms with Crippen LogP contribution < -0.4 is 5.32 Å². The second-order valence-electron chi connectivity index (χ2n) is 2.88. The highest BCUT2D eigenvalue weighted by molar-refractivity contribution is 5.86. The van der Waals surface area contributed by atoms with Gasteiger partial charge in [0.2, 0.25) is 5.91 Å². The highest BCUT2D eigenvalue weighted by Gasteiger charge is 2.01. The van der Waals surface area contributed by atoms with Crippen molar-refractivity contribution in [3.05, 3.63) is 42.2 Å². The zero-order chi connectivity index (χ0) is 10.4. The number of hydrogen-bond donors (Lipinski definition) is 1. The summed E-state index contributed by atoms with van der Waals surface area (Å²) < 4.78 is 0. The fourth-order valence-electron chi connectivity index (χ4n) is 1.20. The summed E-state index contributed by atoms with van der Waals surface area (Å²) in [4.78, 5) is 15.1. The first-order valence-corrected chi connectivity index (χ1v) is 4.61. The van der Waals surface area contributed by atoms with E-state index >= 15 is 0 Å². The van der Waals surface area contributed by atoms with Gasteiger partial charge in [-0.3, -0.25) is 9.78 Å². The van der Waals surface area contributed by atoms with Gasteiger partial charge in [-0.15, -0.1) is 0 Å². The maximum Gasteiger partial charge on any atom is 0.243 e. The number of amides is 1. The molecule has 3 heteroatoms. The number of carbonyl (C=O) groups excluding carboxylic acids is 1. The molecule has 1 aromatic heterocycles. The molecule has 1 heterocycles. The molecule has 0 radical (unpaired) electrons. The van der Waals surface area contributed by atoms with Crippen LogP contribution in [0.1, 0.15) is 18.2 Å². The average molecular weight is 190 g/mol. The van der Waals surface area contributed by atoms with Gasteiger partial charge >= 0.3 is 0 Å². The third kappa shape index (κ3) is 2.69. The number of pyridine rings is 1. The highest BCUT2D eigenvalue weighted by Crippen LogP contribution is 2.05. The molecule has 0 bridgehead atoms. The first-order chi connectivity index (χ1) is 6.77. The van der Waals surface area contributed by atoms with Crippen molar-refractivity contribution < 1.29 is 4.79 Å². The van der Waals surface area contributed by atoms with Gasteiger partial charge in [-0.1, -0.05) is 19.6 Å². The lowest BCUT2D eigenvalue weighted by molar-refractivity contribution is -0.116. The molecule has 0 aliphatic rings. The first-order valence-electron chi connectivity index (χ1n) is 4.61. The Morgan fingerprint density at radius 2 is 2.50 bits per heavy atom. The number of rotatable bonds is 4. The molecule has 0 unspecified atom stereocenters. The van der Waals surface area contributed by atoms with Gasteiger partial charge in [-0.25, -0.2) is 0 Å². The van der Waals surface area contributed by atoms with Crippen LogP contribution in [0.15, 0.2) is 31.0 Å². The van der Waals surface area contributed by atoms with Crippen LogP contribution in [-0.2, 0) is 17.8 Å². The fraction of sp³-hybridized carbons (Fsp3) is 0.273. The summed E-state index contributed by atoms with van der Waals surface area (Å²) in [5.74, 6) is -0.169. The largest absolute Gasteiger partial charge is 0.347 e. The van der Waals surface area contributed by atoms with Crippen LogP contribution in [0.25, 0.3) is 0 Å². The van der Waals surface area contributed by atoms with Gasteiger partial charge in [-0.05, 0) is 24.1 Å². The maximum absolute atomic E-state index is 10.9. The van der Waals surface area contributed by atoms with Crippen molar-refractivity contribution in [2.45, 2.75) is 19.9 Å². The molecule has 0 aromatic carbocycles. The van der Waals surface area contributed by atoms with Crippen molar-refractivity contribution in [2.24, 2.45) is 0 Å². The van der Waals surface area contributed by atoms with Gasteiger partial charge in [0.15, 0.2) is 0 Å². The summed E-state index contributed by atoms with van der Waals surface area (Å²) in [6.45, 7) is 5.92. The lowest BCUT2D eigenvalue weighted by atomic mass is 10.1. The van der Waals surface area contributed by atoms with Crippen LogP contribution in [0, 0.1) is 0 Å². The Balaban J connectivity index is 2.66. The number of hydrogen-bond acceptors (Lipinski definition) is 2. The van der Waals surface area contributed by atoms with E-state index in [0.717, 1.165) is 17.7 Å². The van der Waals surface area contributed by atoms with Crippen molar-refractivity contribution in [3.8, 4) is 0 Å². The van der Waals surface area contributed by atoms with E-state index in [1.54, 1.807) is 6.20 Å². The minimum atomic E-state index is -0.169. The monoisotopic (exact) mass is 190 g/mol. The zero-order valence-corrected chi connectivity index (χ0v) is 8.29. The van der Waals surface area contributed by atoms with Gasteiger partial charge in [0.05, 0.1) is 12.2 Å². The van der Waals surface area contributed by atoms with Crippen molar-refractivity contribution in [3.63, 3.8) is 0 Å². The van der Waals surface area contributed by atoms with E-state index in [9.17, 15) is 4.79 Å². The molecule has 1 N–H and O–H groups in total. The Kier molecular flexibility index (Phi) is 3.85. The second kappa shape index (κ2) is 5.17. The van der Waals surface area contributed by atoms with E-state index in [4.69, 9.17) is 0 Å². The Morgan fingerprint density at radius 3 is 3.14 bits per heavy atom. The summed E-state index contributed by atoms with van der Waals surface area (Å²) >= 11 is 0. The Morgan fingerprint density at radius 1 is 1.71 bits per heavy atom. The Bertz CT molecular complexity index is 334. The van der Waals surface area contributed by atoms with Gasteiger partial charge in [0.1, 0.15) is 0 Å². The summed E-state index contributed by atoms with van der Waals surface area (Å²) in [7, 11) is 0. The third-order valence-electron chi connectivity index (χ3n) is 1.98. The molecule has 1 amide bonds. The lowest BCUT2D eigenvalue weighted by Gasteiger charge is -2.06. The molecule has 74 valence electrons. The molecule has 1 aromatic rings. The normalized spacial score (nSPS) is 9.50. The zero-order valence-electron chi connectivity index (χ0n) is 8.29. The van der Waals surface area contributed by atoms with Crippen LogP contribution in [0.2, 0.25) is 0 Å². The molecule has 0 atom stereocenters. The molecule has 0 saturated carbocycles. The number of nitrogens with zero attached hydrogens (tertiary/aromatic N) is 1. The SMILES string of the molecule is C=CC(=O)NCc1ncccc1CC. The molecule has 0 saturated heterocycles. The Hall–Kier alpha value is -1.64. The standard InChI is InChI=1S/C11H14N2O/c1-3-9-6-5-7-12-10(9)8-13-11(14)4-2/h4-7H,2-3,8H2,1H3,(H,13,14). The van der Waals surface area contributed by atoms with Crippen LogP contribution >= 0.6 is 0 Å². The minimum absolute atomic E-state index is 0.169. The molecule has 0 spiro atoms. The summed E-state index contributed by atoms with van der Waals surface area (Å²) in [5.41, 5.74) is 2.09. The third-order valence-corrected chi connectivity index (χ3v) is 1.98. The van der Waals surface area contributed by atoms with E-state index in [1.165, 1.54) is 6.08 Å². The van der Waals surface area contributed by atoms with Crippen molar-refractivity contribution in [1.82, 2.24) is 10.3 Å². The topological polar surface area (TPSA) is 42.0 Å². The van der Waals surface area contributed by atoms with Crippen molar-refractivity contribution in [1.29, 1.82) is 0 Å². The summed E-state index contributed by atoms with van der Waals surface area (Å²) in [6, 6.07) is 3.92. The molecular weight excluding hydrogens is 176 g/mol. The minimum Gasteiger partial charge on any atom is -0.347 e. The number of nitrogens with one attached hydrogen (secondary N) is 1. The number of aryl methyl sites for hydroxylation is 1. The number of carbonyl (C=O) groups is 1. The Labute approximate surface area is 83.9 Å². The van der Waals surface area contributed by atoms with E-state index in [2.05, 4.69) is 23.8 Å². The average Bonchev–Trinajstić information content (AvgIpc) is 2.26. The van der Waals surface area contributed by atoms with E-state index in [1.807, 2.05) is 12.1 Å². The lowest BCUT2D eigenvalue weighted by Crippen LogP contribution is -2.21. The smallest absolute Gasteiger partial charge is 0.243 e. The second-order valence-corrected chi connectivity index (χ2v) is 2.88. The van der Waals surface area contributed by atoms with Crippen LogP contribution in [-0.4, -0.2) is 10.9 Å². The molecule has 0 fully saturated rings. The molecule has 14 heavy (non-hydrogen) atoms. The molecule has 0 aliphatic heterocycles. The molecule has 3 nitrogen and oxygen atoms in total.